The highest BCUT2D eigenvalue weighted by atomic mass is 19.1. The van der Waals surface area contributed by atoms with Crippen LogP contribution in [0.2, 0.25) is 0 Å². The Labute approximate surface area is 129 Å². The molecular weight excluding hydrogens is 279 g/mol. The molecule has 0 aromatic heterocycles. The van der Waals surface area contributed by atoms with Gasteiger partial charge in [-0.05, 0) is 49.2 Å². The number of benzene rings is 2. The molecule has 0 amide bonds. The number of carbonyl (C=O) groups excluding carboxylic acids is 1. The molecule has 0 spiro atoms. The molecule has 0 unspecified atom stereocenters. The van der Waals surface area contributed by atoms with Crippen molar-refractivity contribution in [2.24, 2.45) is 0 Å². The van der Waals surface area contributed by atoms with Crippen molar-refractivity contribution >= 4 is 11.5 Å². The van der Waals surface area contributed by atoms with Gasteiger partial charge in [0.25, 0.3) is 0 Å². The first kappa shape index (κ1) is 15.7. The summed E-state index contributed by atoms with van der Waals surface area (Å²) in [6.45, 7) is 3.66. The number of carbonyl (C=O) groups is 1. The monoisotopic (exact) mass is 296 g/mol. The Morgan fingerprint density at radius 3 is 2.59 bits per heavy atom. The number of aryl methyl sites for hydroxylation is 1. The molecule has 0 saturated heterocycles. The van der Waals surface area contributed by atoms with Crippen LogP contribution in [0.1, 0.15) is 34.0 Å². The predicted molar refractivity (Wildman–Crippen MR) is 84.4 cm³/mol. The SMILES string of the molecule is CC(=O)c1ccc(C#N)cc1N(C)Cc1ccc(C)c(F)c1. The van der Waals surface area contributed by atoms with Crippen LogP contribution in [-0.2, 0) is 6.54 Å². The molecule has 0 radical (unpaired) electrons. The van der Waals surface area contributed by atoms with Gasteiger partial charge < -0.3 is 4.90 Å². The van der Waals surface area contributed by atoms with E-state index in [-0.39, 0.29) is 11.6 Å². The summed E-state index contributed by atoms with van der Waals surface area (Å²) in [5.74, 6) is -0.315. The van der Waals surface area contributed by atoms with E-state index in [9.17, 15) is 9.18 Å². The van der Waals surface area contributed by atoms with Gasteiger partial charge in [0.05, 0.1) is 11.6 Å². The second kappa shape index (κ2) is 6.40. The van der Waals surface area contributed by atoms with E-state index < -0.39 is 0 Å². The van der Waals surface area contributed by atoms with Crippen LogP contribution in [0.15, 0.2) is 36.4 Å². The van der Waals surface area contributed by atoms with Crippen molar-refractivity contribution in [2.75, 3.05) is 11.9 Å². The third kappa shape index (κ3) is 3.32. The first-order chi connectivity index (χ1) is 10.4. The fourth-order valence-corrected chi connectivity index (χ4v) is 2.31. The van der Waals surface area contributed by atoms with Crippen molar-refractivity contribution in [2.45, 2.75) is 20.4 Å². The Balaban J connectivity index is 2.35. The molecule has 0 fully saturated rings. The molecular formula is C18H17FN2O. The van der Waals surface area contributed by atoms with Crippen LogP contribution in [0.4, 0.5) is 10.1 Å². The maximum Gasteiger partial charge on any atom is 0.161 e. The van der Waals surface area contributed by atoms with Crippen LogP contribution in [0.3, 0.4) is 0 Å². The lowest BCUT2D eigenvalue weighted by molar-refractivity contribution is 0.101. The van der Waals surface area contributed by atoms with E-state index in [1.54, 1.807) is 31.2 Å². The third-order valence-electron chi connectivity index (χ3n) is 3.57. The van der Waals surface area contributed by atoms with E-state index in [1.807, 2.05) is 18.0 Å². The molecule has 4 heteroatoms. The van der Waals surface area contributed by atoms with Crippen molar-refractivity contribution < 1.29 is 9.18 Å². The molecule has 0 N–H and O–H groups in total. The highest BCUT2D eigenvalue weighted by molar-refractivity contribution is 6.00. The van der Waals surface area contributed by atoms with Gasteiger partial charge >= 0.3 is 0 Å². The van der Waals surface area contributed by atoms with Gasteiger partial charge in [0, 0.05) is 24.8 Å². The number of rotatable bonds is 4. The third-order valence-corrected chi connectivity index (χ3v) is 3.57. The van der Waals surface area contributed by atoms with E-state index >= 15 is 0 Å². The molecule has 3 nitrogen and oxygen atoms in total. The van der Waals surface area contributed by atoms with Crippen LogP contribution in [0.5, 0.6) is 0 Å². The van der Waals surface area contributed by atoms with Crippen LogP contribution in [0, 0.1) is 24.1 Å². The van der Waals surface area contributed by atoms with Gasteiger partial charge in [0.2, 0.25) is 0 Å². The Morgan fingerprint density at radius 1 is 1.27 bits per heavy atom. The first-order valence-corrected chi connectivity index (χ1v) is 6.93. The van der Waals surface area contributed by atoms with E-state index in [0.29, 0.717) is 28.9 Å². The molecule has 2 aromatic carbocycles. The van der Waals surface area contributed by atoms with Crippen LogP contribution < -0.4 is 4.90 Å². The Hall–Kier alpha value is -2.67. The van der Waals surface area contributed by atoms with Crippen LogP contribution >= 0.6 is 0 Å². The average molecular weight is 296 g/mol. The summed E-state index contributed by atoms with van der Waals surface area (Å²) >= 11 is 0. The van der Waals surface area contributed by atoms with Gasteiger partial charge in [-0.1, -0.05) is 12.1 Å². The highest BCUT2D eigenvalue weighted by Crippen LogP contribution is 2.24. The number of Topliss-reactive ketones (excluding diaryl/α,β-unsaturated/α-hetero) is 1. The lowest BCUT2D eigenvalue weighted by Crippen LogP contribution is -2.19. The van der Waals surface area contributed by atoms with Crippen molar-refractivity contribution in [3.63, 3.8) is 0 Å². The molecule has 0 aliphatic carbocycles. The zero-order valence-corrected chi connectivity index (χ0v) is 12.9. The van der Waals surface area contributed by atoms with E-state index in [4.69, 9.17) is 5.26 Å². The standard InChI is InChI=1S/C18H17FN2O/c1-12-4-5-15(8-17(12)19)11-21(3)18-9-14(10-20)6-7-16(18)13(2)22/h4-9H,11H2,1-3H3. The van der Waals surface area contributed by atoms with Crippen molar-refractivity contribution in [1.82, 2.24) is 0 Å². The molecule has 2 rings (SSSR count). The first-order valence-electron chi connectivity index (χ1n) is 6.93. The van der Waals surface area contributed by atoms with Crippen molar-refractivity contribution in [1.29, 1.82) is 5.26 Å². The zero-order valence-electron chi connectivity index (χ0n) is 12.9. The maximum absolute atomic E-state index is 13.6. The number of nitrogens with zero attached hydrogens (tertiary/aromatic N) is 2. The number of nitriles is 1. The van der Waals surface area contributed by atoms with Gasteiger partial charge in [-0.25, -0.2) is 4.39 Å². The second-order valence-electron chi connectivity index (χ2n) is 5.34. The van der Waals surface area contributed by atoms with Gasteiger partial charge in [0.1, 0.15) is 5.82 Å². The molecule has 0 aliphatic rings. The molecule has 0 aliphatic heterocycles. The quantitative estimate of drug-likeness (QED) is 0.805. The minimum absolute atomic E-state index is 0.0681. The van der Waals surface area contributed by atoms with E-state index in [0.717, 1.165) is 5.56 Å². The molecule has 2 aromatic rings. The van der Waals surface area contributed by atoms with E-state index in [1.165, 1.54) is 13.0 Å². The number of ketones is 1. The molecule has 0 heterocycles. The van der Waals surface area contributed by atoms with Gasteiger partial charge in [-0.3, -0.25) is 4.79 Å². The summed E-state index contributed by atoms with van der Waals surface area (Å²) in [6.07, 6.45) is 0. The topological polar surface area (TPSA) is 44.1 Å². The van der Waals surface area contributed by atoms with Crippen molar-refractivity contribution in [3.8, 4) is 6.07 Å². The largest absolute Gasteiger partial charge is 0.370 e. The summed E-state index contributed by atoms with van der Waals surface area (Å²) in [6, 6.07) is 12.1. The highest BCUT2D eigenvalue weighted by Gasteiger charge is 2.13. The number of halogens is 1. The zero-order chi connectivity index (χ0) is 16.3. The molecule has 112 valence electrons. The Morgan fingerprint density at radius 2 is 2.00 bits per heavy atom. The number of anilines is 1. The van der Waals surface area contributed by atoms with Crippen LogP contribution in [-0.4, -0.2) is 12.8 Å². The fourth-order valence-electron chi connectivity index (χ4n) is 2.31. The fraction of sp³-hybridized carbons (Fsp3) is 0.222. The average Bonchev–Trinajstić information content (AvgIpc) is 2.50. The normalized spacial score (nSPS) is 10.1. The molecule has 0 bridgehead atoms. The lowest BCUT2D eigenvalue weighted by atomic mass is 10.0. The van der Waals surface area contributed by atoms with Crippen molar-refractivity contribution in [3.05, 3.63) is 64.5 Å². The minimum atomic E-state index is -0.247. The van der Waals surface area contributed by atoms with E-state index in [2.05, 4.69) is 6.07 Å². The summed E-state index contributed by atoms with van der Waals surface area (Å²) < 4.78 is 13.6. The maximum atomic E-state index is 13.6. The minimum Gasteiger partial charge on any atom is -0.370 e. The number of hydrogen-bond donors (Lipinski definition) is 0. The van der Waals surface area contributed by atoms with Crippen LogP contribution in [0.25, 0.3) is 0 Å². The summed E-state index contributed by atoms with van der Waals surface area (Å²) in [4.78, 5) is 13.6. The predicted octanol–water partition coefficient (Wildman–Crippen LogP) is 3.84. The molecule has 0 saturated carbocycles. The number of hydrogen-bond acceptors (Lipinski definition) is 3. The Kier molecular flexibility index (Phi) is 4.57. The summed E-state index contributed by atoms with van der Waals surface area (Å²) in [5, 5.41) is 9.03. The Bertz CT molecular complexity index is 762. The smallest absolute Gasteiger partial charge is 0.161 e. The van der Waals surface area contributed by atoms with Gasteiger partial charge in [-0.15, -0.1) is 0 Å². The lowest BCUT2D eigenvalue weighted by Gasteiger charge is -2.22. The molecule has 0 atom stereocenters. The van der Waals surface area contributed by atoms with Gasteiger partial charge in [0.15, 0.2) is 5.78 Å². The molecule has 22 heavy (non-hydrogen) atoms. The second-order valence-corrected chi connectivity index (χ2v) is 5.34. The summed E-state index contributed by atoms with van der Waals surface area (Å²) in [5.41, 5.74) is 3.12. The summed E-state index contributed by atoms with van der Waals surface area (Å²) in [7, 11) is 1.82. The van der Waals surface area contributed by atoms with Gasteiger partial charge in [-0.2, -0.15) is 5.26 Å².